The average Bonchev–Trinajstić information content (AvgIpc) is 3.33. The Kier molecular flexibility index (Phi) is 3.38. The highest BCUT2D eigenvalue weighted by molar-refractivity contribution is 5.95. The summed E-state index contributed by atoms with van der Waals surface area (Å²) in [7, 11) is 0. The summed E-state index contributed by atoms with van der Waals surface area (Å²) in [5, 5.41) is 0. The zero-order valence-corrected chi connectivity index (χ0v) is 16.1. The maximum Gasteiger partial charge on any atom is 0.341 e. The van der Waals surface area contributed by atoms with Crippen molar-refractivity contribution in [1.82, 2.24) is 14.9 Å². The predicted molar refractivity (Wildman–Crippen MR) is 105 cm³/mol. The molecule has 6 rings (SSSR count). The van der Waals surface area contributed by atoms with E-state index in [1.165, 1.54) is 6.42 Å². The molecule has 0 N–H and O–H groups in total. The molecule has 3 aliphatic heterocycles. The maximum atomic E-state index is 13.5. The number of fused-ring (bicyclic) bond motifs is 2. The van der Waals surface area contributed by atoms with E-state index in [9.17, 15) is 9.59 Å². The third-order valence-electron chi connectivity index (χ3n) is 6.98. The van der Waals surface area contributed by atoms with Crippen LogP contribution in [-0.4, -0.2) is 52.9 Å². The molecule has 29 heavy (non-hydrogen) atoms. The van der Waals surface area contributed by atoms with E-state index in [0.29, 0.717) is 25.1 Å². The lowest BCUT2D eigenvalue weighted by atomic mass is 9.92. The van der Waals surface area contributed by atoms with Crippen LogP contribution in [0.15, 0.2) is 36.8 Å². The second kappa shape index (κ2) is 5.78. The second-order valence-corrected chi connectivity index (χ2v) is 8.61. The second-order valence-electron chi connectivity index (χ2n) is 8.61. The van der Waals surface area contributed by atoms with Gasteiger partial charge >= 0.3 is 5.97 Å². The summed E-state index contributed by atoms with van der Waals surface area (Å²) in [6.45, 7) is 3.12. The van der Waals surface area contributed by atoms with Crippen LogP contribution in [0.25, 0.3) is 0 Å². The van der Waals surface area contributed by atoms with Crippen molar-refractivity contribution in [2.24, 2.45) is 0 Å². The van der Waals surface area contributed by atoms with E-state index in [2.05, 4.69) is 20.9 Å². The highest BCUT2D eigenvalue weighted by atomic mass is 16.6. The summed E-state index contributed by atoms with van der Waals surface area (Å²) >= 11 is 0. The van der Waals surface area contributed by atoms with Gasteiger partial charge in [-0.3, -0.25) is 9.78 Å². The molecule has 1 unspecified atom stereocenters. The first-order valence-corrected chi connectivity index (χ1v) is 10.3. The number of aromatic nitrogens is 2. The lowest BCUT2D eigenvalue weighted by Gasteiger charge is -2.32. The van der Waals surface area contributed by atoms with Crippen molar-refractivity contribution >= 4 is 17.7 Å². The van der Waals surface area contributed by atoms with Gasteiger partial charge in [0.05, 0.1) is 17.5 Å². The van der Waals surface area contributed by atoms with Gasteiger partial charge in [0.1, 0.15) is 5.82 Å². The molecule has 2 saturated heterocycles. The van der Waals surface area contributed by atoms with Crippen LogP contribution in [0.2, 0.25) is 0 Å². The normalized spacial score (nSPS) is 26.3. The third-order valence-corrected chi connectivity index (χ3v) is 6.98. The Morgan fingerprint density at radius 2 is 1.93 bits per heavy atom. The van der Waals surface area contributed by atoms with Crippen LogP contribution in [0.4, 0.5) is 5.82 Å². The molecule has 2 aromatic rings. The summed E-state index contributed by atoms with van der Waals surface area (Å²) in [5.41, 5.74) is 1.20. The van der Waals surface area contributed by atoms with Crippen LogP contribution in [0.3, 0.4) is 0 Å². The van der Waals surface area contributed by atoms with Gasteiger partial charge in [-0.05, 0) is 37.0 Å². The minimum atomic E-state index is -0.722. The first kappa shape index (κ1) is 16.9. The van der Waals surface area contributed by atoms with Gasteiger partial charge in [-0.2, -0.15) is 0 Å². The molecule has 0 aromatic carbocycles. The van der Waals surface area contributed by atoms with Crippen LogP contribution in [0.1, 0.15) is 47.2 Å². The molecule has 0 radical (unpaired) electrons. The van der Waals surface area contributed by atoms with E-state index >= 15 is 0 Å². The number of hydrogen-bond acceptors (Lipinski definition) is 6. The zero-order chi connectivity index (χ0) is 19.6. The highest BCUT2D eigenvalue weighted by Gasteiger charge is 2.58. The number of ether oxygens (including phenoxy) is 1. The Bertz CT molecular complexity index is 1010. The fraction of sp³-hybridized carbons (Fsp3) is 0.455. The predicted octanol–water partition coefficient (Wildman–Crippen LogP) is 2.02. The number of rotatable bonds is 3. The quantitative estimate of drug-likeness (QED) is 0.747. The van der Waals surface area contributed by atoms with Gasteiger partial charge in [0.15, 0.2) is 5.60 Å². The van der Waals surface area contributed by atoms with Crippen molar-refractivity contribution in [2.45, 2.75) is 36.7 Å². The van der Waals surface area contributed by atoms with E-state index in [4.69, 9.17) is 4.74 Å². The van der Waals surface area contributed by atoms with Gasteiger partial charge < -0.3 is 14.5 Å². The first-order valence-electron chi connectivity index (χ1n) is 10.3. The number of pyridine rings is 2. The lowest BCUT2D eigenvalue weighted by Crippen LogP contribution is -2.40. The van der Waals surface area contributed by atoms with Gasteiger partial charge in [0.25, 0.3) is 0 Å². The highest BCUT2D eigenvalue weighted by Crippen LogP contribution is 2.52. The minimum absolute atomic E-state index is 0.131. The number of carbonyl (C=O) groups excluding carboxylic acids is 2. The Balaban J connectivity index is 1.24. The Labute approximate surface area is 168 Å². The van der Waals surface area contributed by atoms with E-state index in [-0.39, 0.29) is 11.9 Å². The molecule has 7 heteroatoms. The third kappa shape index (κ3) is 2.36. The number of anilines is 1. The standard InChI is InChI=1S/C22H22N4O3/c27-19-16-13-23-8-4-17(16)22(29-19)7-11-26(14-22)20(28)21(5-6-21)15-2-3-18(24-12-15)25-9-1-10-25/h2-4,8,12-13H,1,5-7,9-11,14H2. The molecule has 5 heterocycles. The molecule has 4 aliphatic rings. The fourth-order valence-electron chi connectivity index (χ4n) is 4.96. The molecule has 1 saturated carbocycles. The van der Waals surface area contributed by atoms with Crippen molar-refractivity contribution in [3.8, 4) is 0 Å². The Hall–Kier alpha value is -2.96. The maximum absolute atomic E-state index is 13.5. The van der Waals surface area contributed by atoms with Crippen LogP contribution in [-0.2, 0) is 20.5 Å². The average molecular weight is 390 g/mol. The molecule has 1 aliphatic carbocycles. The molecule has 148 valence electrons. The van der Waals surface area contributed by atoms with Gasteiger partial charge in [0, 0.05) is 50.2 Å². The van der Waals surface area contributed by atoms with Crippen molar-refractivity contribution in [3.05, 3.63) is 53.5 Å². The summed E-state index contributed by atoms with van der Waals surface area (Å²) in [6, 6.07) is 5.95. The molecule has 1 atom stereocenters. The molecule has 3 fully saturated rings. The fourth-order valence-corrected chi connectivity index (χ4v) is 4.96. The lowest BCUT2D eigenvalue weighted by molar-refractivity contribution is -0.134. The van der Waals surface area contributed by atoms with E-state index in [0.717, 1.165) is 42.9 Å². The largest absolute Gasteiger partial charge is 0.449 e. The number of likely N-dealkylation sites (tertiary alicyclic amines) is 1. The van der Waals surface area contributed by atoms with E-state index in [1.54, 1.807) is 12.4 Å². The van der Waals surface area contributed by atoms with Gasteiger partial charge in [0.2, 0.25) is 5.91 Å². The summed E-state index contributed by atoms with van der Waals surface area (Å²) < 4.78 is 5.77. The summed E-state index contributed by atoms with van der Waals surface area (Å²) in [4.78, 5) is 38.5. The monoisotopic (exact) mass is 390 g/mol. The smallest absolute Gasteiger partial charge is 0.341 e. The molecule has 1 amide bonds. The van der Waals surface area contributed by atoms with Crippen LogP contribution in [0, 0.1) is 0 Å². The van der Waals surface area contributed by atoms with E-state index < -0.39 is 11.0 Å². The summed E-state index contributed by atoms with van der Waals surface area (Å²) in [5.74, 6) is 0.784. The Morgan fingerprint density at radius 1 is 1.07 bits per heavy atom. The van der Waals surface area contributed by atoms with Gasteiger partial charge in [-0.15, -0.1) is 0 Å². The number of nitrogens with zero attached hydrogens (tertiary/aromatic N) is 4. The van der Waals surface area contributed by atoms with Crippen molar-refractivity contribution < 1.29 is 14.3 Å². The molecule has 2 aromatic heterocycles. The molecular formula is C22H22N4O3. The molecule has 7 nitrogen and oxygen atoms in total. The zero-order valence-electron chi connectivity index (χ0n) is 16.1. The number of carbonyl (C=O) groups is 2. The summed E-state index contributed by atoms with van der Waals surface area (Å²) in [6.07, 6.45) is 8.66. The first-order chi connectivity index (χ1) is 14.1. The minimum Gasteiger partial charge on any atom is -0.449 e. The van der Waals surface area contributed by atoms with Crippen molar-refractivity contribution in [2.75, 3.05) is 31.1 Å². The molecular weight excluding hydrogens is 368 g/mol. The van der Waals surface area contributed by atoms with Crippen molar-refractivity contribution in [1.29, 1.82) is 0 Å². The Morgan fingerprint density at radius 3 is 2.62 bits per heavy atom. The molecule has 0 bridgehead atoms. The topological polar surface area (TPSA) is 75.6 Å². The van der Waals surface area contributed by atoms with Crippen molar-refractivity contribution in [3.63, 3.8) is 0 Å². The number of amides is 1. The van der Waals surface area contributed by atoms with Crippen LogP contribution < -0.4 is 4.90 Å². The van der Waals surface area contributed by atoms with Crippen LogP contribution >= 0.6 is 0 Å². The van der Waals surface area contributed by atoms with Crippen LogP contribution in [0.5, 0.6) is 0 Å². The SMILES string of the molecule is O=C1OC2(CCN(C(=O)C3(c4ccc(N5CCC5)nc4)CC3)C2)c2ccncc21. The number of hydrogen-bond donors (Lipinski definition) is 0. The van der Waals surface area contributed by atoms with Gasteiger partial charge in [-0.25, -0.2) is 9.78 Å². The number of esters is 1. The van der Waals surface area contributed by atoms with Gasteiger partial charge in [-0.1, -0.05) is 6.07 Å². The molecule has 1 spiro atoms. The van der Waals surface area contributed by atoms with E-state index in [1.807, 2.05) is 23.2 Å².